The van der Waals surface area contributed by atoms with Crippen molar-refractivity contribution in [3.63, 3.8) is 0 Å². The molecule has 0 aromatic heterocycles. The molecule has 1 aliphatic carbocycles. The molecule has 1 atom stereocenters. The molecule has 0 amide bonds. The number of phenolic OH excluding ortho intramolecular Hbond substituents is 2. The maximum Gasteiger partial charge on any atom is 0.131 e. The summed E-state index contributed by atoms with van der Waals surface area (Å²) < 4.78 is 0.951. The Morgan fingerprint density at radius 2 is 1.75 bits per heavy atom. The molecule has 5 heteroatoms. The molecule has 1 aliphatic rings. The fourth-order valence-corrected chi connectivity index (χ4v) is 3.86. The number of aliphatic hydroxyl groups is 1. The quantitative estimate of drug-likeness (QED) is 0.590. The zero-order valence-corrected chi connectivity index (χ0v) is 14.9. The van der Waals surface area contributed by atoms with E-state index in [1.807, 2.05) is 24.3 Å². The van der Waals surface area contributed by atoms with Crippen LogP contribution in [0.5, 0.6) is 11.5 Å². The minimum Gasteiger partial charge on any atom is -0.508 e. The normalized spacial score (nSPS) is 22.2. The molecular formula is C19H22BrNO3. The first-order valence-electron chi connectivity index (χ1n) is 8.24. The van der Waals surface area contributed by atoms with Gasteiger partial charge in [0, 0.05) is 16.6 Å². The molecule has 4 N–H and O–H groups in total. The summed E-state index contributed by atoms with van der Waals surface area (Å²) in [4.78, 5) is 0. The lowest BCUT2D eigenvalue weighted by atomic mass is 9.81. The molecule has 2 aromatic carbocycles. The third-order valence-electron chi connectivity index (χ3n) is 4.74. The zero-order valence-electron chi connectivity index (χ0n) is 13.3. The molecule has 0 radical (unpaired) electrons. The van der Waals surface area contributed by atoms with Crippen molar-refractivity contribution >= 4 is 15.9 Å². The number of nitrogens with one attached hydrogen (secondary N) is 1. The number of phenols is 2. The fraction of sp³-hybridized carbons (Fsp3) is 0.368. The van der Waals surface area contributed by atoms with Gasteiger partial charge in [0.2, 0.25) is 0 Å². The van der Waals surface area contributed by atoms with Crippen LogP contribution in [0.25, 0.3) is 0 Å². The van der Waals surface area contributed by atoms with Crippen molar-refractivity contribution in [1.29, 1.82) is 0 Å². The summed E-state index contributed by atoms with van der Waals surface area (Å²) in [5, 5.41) is 33.1. The summed E-state index contributed by atoms with van der Waals surface area (Å²) in [5.41, 5.74) is 1.75. The molecule has 0 aliphatic heterocycles. The van der Waals surface area contributed by atoms with E-state index < -0.39 is 6.23 Å². The van der Waals surface area contributed by atoms with Crippen LogP contribution in [0.1, 0.15) is 49.0 Å². The molecule has 1 saturated carbocycles. The van der Waals surface area contributed by atoms with Crippen LogP contribution in [0.3, 0.4) is 0 Å². The summed E-state index contributed by atoms with van der Waals surface area (Å²) in [6, 6.07) is 12.8. The van der Waals surface area contributed by atoms with Crippen molar-refractivity contribution < 1.29 is 15.3 Å². The molecule has 24 heavy (non-hydrogen) atoms. The Hall–Kier alpha value is -1.56. The van der Waals surface area contributed by atoms with E-state index in [9.17, 15) is 15.3 Å². The van der Waals surface area contributed by atoms with Crippen LogP contribution in [0.15, 0.2) is 46.9 Å². The highest BCUT2D eigenvalue weighted by atomic mass is 79.9. The highest BCUT2D eigenvalue weighted by Gasteiger charge is 2.25. The van der Waals surface area contributed by atoms with E-state index in [4.69, 9.17) is 0 Å². The average Bonchev–Trinajstić information content (AvgIpc) is 2.56. The predicted molar refractivity (Wildman–Crippen MR) is 97.0 cm³/mol. The lowest BCUT2D eigenvalue weighted by molar-refractivity contribution is 0.112. The van der Waals surface area contributed by atoms with Crippen molar-refractivity contribution in [2.24, 2.45) is 0 Å². The van der Waals surface area contributed by atoms with Gasteiger partial charge in [-0.25, -0.2) is 0 Å². The Kier molecular flexibility index (Phi) is 5.43. The van der Waals surface area contributed by atoms with E-state index in [0.29, 0.717) is 5.92 Å². The molecule has 1 fully saturated rings. The van der Waals surface area contributed by atoms with E-state index >= 15 is 0 Å². The van der Waals surface area contributed by atoms with Gasteiger partial charge in [-0.3, -0.25) is 5.32 Å². The molecule has 2 aromatic rings. The third-order valence-corrected chi connectivity index (χ3v) is 5.23. The van der Waals surface area contributed by atoms with Crippen LogP contribution in [0.4, 0.5) is 0 Å². The molecule has 128 valence electrons. The van der Waals surface area contributed by atoms with Gasteiger partial charge in [-0.15, -0.1) is 0 Å². The van der Waals surface area contributed by atoms with Gasteiger partial charge in [-0.05, 0) is 60.9 Å². The first kappa shape index (κ1) is 17.3. The number of hydrogen-bond acceptors (Lipinski definition) is 4. The van der Waals surface area contributed by atoms with Gasteiger partial charge in [0.15, 0.2) is 0 Å². The lowest BCUT2D eigenvalue weighted by Gasteiger charge is -2.31. The number of hydrogen-bond donors (Lipinski definition) is 4. The molecule has 0 spiro atoms. The maximum atomic E-state index is 10.4. The van der Waals surface area contributed by atoms with Gasteiger partial charge in [0.25, 0.3) is 0 Å². The number of rotatable bonds is 4. The van der Waals surface area contributed by atoms with Crippen LogP contribution in [-0.2, 0) is 0 Å². The zero-order chi connectivity index (χ0) is 17.1. The second kappa shape index (κ2) is 7.55. The van der Waals surface area contributed by atoms with E-state index in [0.717, 1.165) is 41.3 Å². The van der Waals surface area contributed by atoms with Crippen molar-refractivity contribution in [2.75, 3.05) is 0 Å². The first-order valence-corrected chi connectivity index (χ1v) is 9.03. The maximum absolute atomic E-state index is 10.4. The standard InChI is InChI=1S/C19H22BrNO3/c20-14-3-1-2-13(10-14)19(24)21-15-6-4-12(5-7-15)17-9-8-16(22)11-18(17)23/h1-3,8-12,15,19,21-24H,4-7H2. The summed E-state index contributed by atoms with van der Waals surface area (Å²) in [7, 11) is 0. The van der Waals surface area contributed by atoms with Gasteiger partial charge < -0.3 is 15.3 Å². The van der Waals surface area contributed by atoms with Crippen LogP contribution >= 0.6 is 15.9 Å². The summed E-state index contributed by atoms with van der Waals surface area (Å²) >= 11 is 3.42. The van der Waals surface area contributed by atoms with Crippen LogP contribution in [0.2, 0.25) is 0 Å². The highest BCUT2D eigenvalue weighted by molar-refractivity contribution is 9.10. The monoisotopic (exact) mass is 391 g/mol. The molecule has 0 saturated heterocycles. The molecular weight excluding hydrogens is 370 g/mol. The second-order valence-corrected chi connectivity index (χ2v) is 7.33. The smallest absolute Gasteiger partial charge is 0.131 e. The molecule has 0 heterocycles. The second-order valence-electron chi connectivity index (χ2n) is 6.42. The van der Waals surface area contributed by atoms with E-state index in [1.54, 1.807) is 12.1 Å². The Balaban J connectivity index is 1.57. The highest BCUT2D eigenvalue weighted by Crippen LogP contribution is 2.38. The Bertz CT molecular complexity index is 699. The predicted octanol–water partition coefficient (Wildman–Crippen LogP) is 4.17. The largest absolute Gasteiger partial charge is 0.508 e. The topological polar surface area (TPSA) is 72.7 Å². The number of aromatic hydroxyl groups is 2. The van der Waals surface area contributed by atoms with Gasteiger partial charge in [0.05, 0.1) is 0 Å². The van der Waals surface area contributed by atoms with Crippen LogP contribution in [-0.4, -0.2) is 21.4 Å². The van der Waals surface area contributed by atoms with Crippen molar-refractivity contribution in [3.8, 4) is 11.5 Å². The summed E-state index contributed by atoms with van der Waals surface area (Å²) in [6.07, 6.45) is 3.10. The van der Waals surface area contributed by atoms with E-state index in [-0.39, 0.29) is 17.5 Å². The third kappa shape index (κ3) is 4.09. The molecule has 1 unspecified atom stereocenters. The first-order chi connectivity index (χ1) is 11.5. The SMILES string of the molecule is Oc1ccc(C2CCC(NC(O)c3cccc(Br)c3)CC2)c(O)c1. The number of benzene rings is 2. The minimum absolute atomic E-state index is 0.0868. The summed E-state index contributed by atoms with van der Waals surface area (Å²) in [6.45, 7) is 0. The Morgan fingerprint density at radius 3 is 2.42 bits per heavy atom. The Labute approximate surface area is 150 Å². The summed E-state index contributed by atoms with van der Waals surface area (Å²) in [5.74, 6) is 0.552. The van der Waals surface area contributed by atoms with Crippen molar-refractivity contribution in [1.82, 2.24) is 5.32 Å². The van der Waals surface area contributed by atoms with Crippen molar-refractivity contribution in [2.45, 2.75) is 43.9 Å². The fourth-order valence-electron chi connectivity index (χ4n) is 3.44. The molecule has 0 bridgehead atoms. The molecule has 3 rings (SSSR count). The lowest BCUT2D eigenvalue weighted by Crippen LogP contribution is -2.35. The van der Waals surface area contributed by atoms with Gasteiger partial charge >= 0.3 is 0 Å². The molecule has 4 nitrogen and oxygen atoms in total. The van der Waals surface area contributed by atoms with Crippen molar-refractivity contribution in [3.05, 3.63) is 58.1 Å². The van der Waals surface area contributed by atoms with Crippen LogP contribution in [0, 0.1) is 0 Å². The van der Waals surface area contributed by atoms with E-state index in [1.165, 1.54) is 6.07 Å². The average molecular weight is 392 g/mol. The Morgan fingerprint density at radius 1 is 1.00 bits per heavy atom. The van der Waals surface area contributed by atoms with E-state index in [2.05, 4.69) is 21.2 Å². The van der Waals surface area contributed by atoms with Crippen LogP contribution < -0.4 is 5.32 Å². The van der Waals surface area contributed by atoms with Gasteiger partial charge in [-0.2, -0.15) is 0 Å². The van der Waals surface area contributed by atoms with Gasteiger partial charge in [0.1, 0.15) is 17.7 Å². The minimum atomic E-state index is -0.675. The number of aliphatic hydroxyl groups excluding tert-OH is 1. The van der Waals surface area contributed by atoms with Gasteiger partial charge in [-0.1, -0.05) is 34.1 Å². The number of halogens is 1.